The van der Waals surface area contributed by atoms with E-state index in [1.807, 2.05) is 18.2 Å². The molecule has 88 valence electrons. The number of carbonyl (C=O) groups excluding carboxylic acids is 1. The minimum absolute atomic E-state index is 0.274. The summed E-state index contributed by atoms with van der Waals surface area (Å²) in [5.41, 5.74) is 1.54. The van der Waals surface area contributed by atoms with E-state index < -0.39 is 8.07 Å². The van der Waals surface area contributed by atoms with Gasteiger partial charge in [0.25, 0.3) is 0 Å². The molecule has 0 aliphatic rings. The molecule has 0 aromatic heterocycles. The Balaban J connectivity index is 2.48. The van der Waals surface area contributed by atoms with Gasteiger partial charge in [-0.05, 0) is 12.0 Å². The molecule has 2 heteroatoms. The molecule has 1 aromatic rings. The van der Waals surface area contributed by atoms with Crippen LogP contribution in [-0.2, 0) is 11.2 Å². The second kappa shape index (κ2) is 5.44. The van der Waals surface area contributed by atoms with Crippen molar-refractivity contribution in [2.75, 3.05) is 0 Å². The van der Waals surface area contributed by atoms with Gasteiger partial charge < -0.3 is 0 Å². The smallest absolute Gasteiger partial charge is 0.133 e. The first-order valence-corrected chi connectivity index (χ1v) is 9.55. The lowest BCUT2D eigenvalue weighted by Crippen LogP contribution is -2.31. The molecule has 1 nitrogen and oxygen atoms in total. The van der Waals surface area contributed by atoms with Crippen LogP contribution >= 0.6 is 0 Å². The molecular weight excluding hydrogens is 212 g/mol. The SMILES string of the molecule is CC(C(=O)CCc1ccccc1)[Si](C)(C)C. The fraction of sp³-hybridized carbons (Fsp3) is 0.500. The zero-order valence-corrected chi connectivity index (χ0v) is 11.8. The van der Waals surface area contributed by atoms with Crippen molar-refractivity contribution < 1.29 is 4.79 Å². The average Bonchev–Trinajstić information content (AvgIpc) is 2.25. The maximum atomic E-state index is 12.0. The lowest BCUT2D eigenvalue weighted by molar-refractivity contribution is -0.118. The van der Waals surface area contributed by atoms with Crippen molar-refractivity contribution in [3.05, 3.63) is 35.9 Å². The monoisotopic (exact) mass is 234 g/mol. The third kappa shape index (κ3) is 3.93. The Morgan fingerprint density at radius 2 is 1.75 bits per heavy atom. The fourth-order valence-electron chi connectivity index (χ4n) is 1.61. The number of rotatable bonds is 5. The first-order chi connectivity index (χ1) is 7.41. The molecule has 1 atom stereocenters. The van der Waals surface area contributed by atoms with E-state index >= 15 is 0 Å². The zero-order chi connectivity index (χ0) is 12.2. The van der Waals surface area contributed by atoms with Gasteiger partial charge >= 0.3 is 0 Å². The predicted octanol–water partition coefficient (Wildman–Crippen LogP) is 3.92. The number of Topliss-reactive ketones (excluding diaryl/α,β-unsaturated/α-hetero) is 1. The summed E-state index contributed by atoms with van der Waals surface area (Å²) in [4.78, 5) is 12.0. The molecule has 0 spiro atoms. The van der Waals surface area contributed by atoms with E-state index in [0.29, 0.717) is 12.2 Å². The number of hydrogen-bond acceptors (Lipinski definition) is 1. The van der Waals surface area contributed by atoms with Crippen LogP contribution in [0.4, 0.5) is 0 Å². The van der Waals surface area contributed by atoms with Crippen LogP contribution in [0.25, 0.3) is 0 Å². The largest absolute Gasteiger partial charge is 0.300 e. The summed E-state index contributed by atoms with van der Waals surface area (Å²) in [5, 5.41) is 0. The first-order valence-electron chi connectivity index (χ1n) is 5.98. The minimum atomic E-state index is -1.31. The van der Waals surface area contributed by atoms with Crippen molar-refractivity contribution in [3.8, 4) is 0 Å². The Hall–Kier alpha value is -0.893. The van der Waals surface area contributed by atoms with E-state index in [1.165, 1.54) is 5.56 Å². The minimum Gasteiger partial charge on any atom is -0.300 e. The van der Waals surface area contributed by atoms with Gasteiger partial charge in [0, 0.05) is 12.0 Å². The van der Waals surface area contributed by atoms with Gasteiger partial charge in [0.15, 0.2) is 0 Å². The highest BCUT2D eigenvalue weighted by Gasteiger charge is 2.27. The lowest BCUT2D eigenvalue weighted by atomic mass is 10.1. The third-order valence-corrected chi connectivity index (χ3v) is 6.20. The van der Waals surface area contributed by atoms with Crippen LogP contribution in [0.3, 0.4) is 0 Å². The number of carbonyl (C=O) groups is 1. The molecule has 0 bridgehead atoms. The summed E-state index contributed by atoms with van der Waals surface area (Å²) >= 11 is 0. The van der Waals surface area contributed by atoms with Crippen LogP contribution < -0.4 is 0 Å². The molecule has 1 rings (SSSR count). The van der Waals surface area contributed by atoms with Crippen molar-refractivity contribution in [3.63, 3.8) is 0 Å². The van der Waals surface area contributed by atoms with Crippen LogP contribution in [-0.4, -0.2) is 13.9 Å². The second-order valence-corrected chi connectivity index (χ2v) is 11.1. The van der Waals surface area contributed by atoms with Gasteiger partial charge in [0.2, 0.25) is 0 Å². The Kier molecular flexibility index (Phi) is 4.48. The summed E-state index contributed by atoms with van der Waals surface area (Å²) in [6.07, 6.45) is 1.57. The van der Waals surface area contributed by atoms with Gasteiger partial charge in [-0.1, -0.05) is 56.9 Å². The molecule has 0 N–H and O–H groups in total. The van der Waals surface area contributed by atoms with E-state index in [0.717, 1.165) is 6.42 Å². The molecule has 0 fully saturated rings. The highest BCUT2D eigenvalue weighted by molar-refractivity contribution is 6.80. The van der Waals surface area contributed by atoms with Crippen LogP contribution in [0.5, 0.6) is 0 Å². The first kappa shape index (κ1) is 13.2. The highest BCUT2D eigenvalue weighted by Crippen LogP contribution is 2.23. The van der Waals surface area contributed by atoms with Crippen molar-refractivity contribution in [2.24, 2.45) is 0 Å². The van der Waals surface area contributed by atoms with E-state index in [4.69, 9.17) is 0 Å². The molecule has 16 heavy (non-hydrogen) atoms. The van der Waals surface area contributed by atoms with Crippen LogP contribution in [0.2, 0.25) is 25.2 Å². The van der Waals surface area contributed by atoms with Crippen molar-refractivity contribution in [1.82, 2.24) is 0 Å². The lowest BCUT2D eigenvalue weighted by Gasteiger charge is -2.23. The maximum absolute atomic E-state index is 12.0. The van der Waals surface area contributed by atoms with Crippen molar-refractivity contribution in [1.29, 1.82) is 0 Å². The van der Waals surface area contributed by atoms with Gasteiger partial charge in [-0.25, -0.2) is 0 Å². The Labute approximate surface area is 99.9 Å². The van der Waals surface area contributed by atoms with Gasteiger partial charge in [-0.15, -0.1) is 0 Å². The molecule has 0 aliphatic carbocycles. The van der Waals surface area contributed by atoms with Gasteiger partial charge in [-0.3, -0.25) is 4.79 Å². The molecule has 0 aliphatic heterocycles. The molecule has 1 unspecified atom stereocenters. The predicted molar refractivity (Wildman–Crippen MR) is 72.5 cm³/mol. The van der Waals surface area contributed by atoms with Gasteiger partial charge in [0.05, 0.1) is 8.07 Å². The molecule has 1 aromatic carbocycles. The van der Waals surface area contributed by atoms with E-state index in [2.05, 4.69) is 38.7 Å². The number of benzene rings is 1. The number of hydrogen-bond donors (Lipinski definition) is 0. The topological polar surface area (TPSA) is 17.1 Å². The number of ketones is 1. The van der Waals surface area contributed by atoms with E-state index in [-0.39, 0.29) is 5.54 Å². The quantitative estimate of drug-likeness (QED) is 0.706. The standard InChI is InChI=1S/C14H22OSi/c1-12(16(2,3)4)14(15)11-10-13-8-6-5-7-9-13/h5-9,12H,10-11H2,1-4H3. The van der Waals surface area contributed by atoms with E-state index in [1.54, 1.807) is 0 Å². The summed E-state index contributed by atoms with van der Waals surface area (Å²) in [6.45, 7) is 8.88. The van der Waals surface area contributed by atoms with Gasteiger partial charge in [-0.2, -0.15) is 0 Å². The fourth-order valence-corrected chi connectivity index (χ4v) is 2.72. The summed E-state index contributed by atoms with van der Waals surface area (Å²) in [7, 11) is -1.31. The maximum Gasteiger partial charge on any atom is 0.133 e. The van der Waals surface area contributed by atoms with Crippen molar-refractivity contribution in [2.45, 2.75) is 44.9 Å². The van der Waals surface area contributed by atoms with Gasteiger partial charge in [0.1, 0.15) is 5.78 Å². The highest BCUT2D eigenvalue weighted by atomic mass is 28.3. The Morgan fingerprint density at radius 1 is 1.19 bits per heavy atom. The summed E-state index contributed by atoms with van der Waals surface area (Å²) in [6, 6.07) is 10.2. The summed E-state index contributed by atoms with van der Waals surface area (Å²) < 4.78 is 0. The molecule has 0 radical (unpaired) electrons. The molecular formula is C14H22OSi. The summed E-state index contributed by atoms with van der Waals surface area (Å²) in [5.74, 6) is 0.433. The zero-order valence-electron chi connectivity index (χ0n) is 10.8. The Bertz CT molecular complexity index is 338. The van der Waals surface area contributed by atoms with Crippen LogP contribution in [0.15, 0.2) is 30.3 Å². The molecule has 0 saturated carbocycles. The normalized spacial score (nSPS) is 13.5. The van der Waals surface area contributed by atoms with Crippen molar-refractivity contribution >= 4 is 13.9 Å². The Morgan fingerprint density at radius 3 is 2.25 bits per heavy atom. The average molecular weight is 234 g/mol. The second-order valence-electron chi connectivity index (χ2n) is 5.54. The molecule has 0 amide bonds. The number of aryl methyl sites for hydroxylation is 1. The van der Waals surface area contributed by atoms with Crippen LogP contribution in [0.1, 0.15) is 18.9 Å². The molecule has 0 heterocycles. The third-order valence-electron chi connectivity index (χ3n) is 3.28. The van der Waals surface area contributed by atoms with Crippen LogP contribution in [0, 0.1) is 0 Å². The van der Waals surface area contributed by atoms with E-state index in [9.17, 15) is 4.79 Å². The molecule has 0 saturated heterocycles.